The lowest BCUT2D eigenvalue weighted by molar-refractivity contribution is 1.19. The number of fused-ring (bicyclic) bond motifs is 10. The van der Waals surface area contributed by atoms with Crippen LogP contribution in [0.3, 0.4) is 0 Å². The van der Waals surface area contributed by atoms with Crippen molar-refractivity contribution < 1.29 is 0 Å². The van der Waals surface area contributed by atoms with Gasteiger partial charge in [-0.2, -0.15) is 0 Å². The van der Waals surface area contributed by atoms with Gasteiger partial charge in [0.1, 0.15) is 0 Å². The molecule has 0 N–H and O–H groups in total. The number of aliphatic imine (C=N–C) groups is 2. The van der Waals surface area contributed by atoms with Crippen LogP contribution in [0.2, 0.25) is 0 Å². The molecule has 0 spiro atoms. The van der Waals surface area contributed by atoms with Gasteiger partial charge < -0.3 is 4.57 Å². The number of amidine groups is 1. The summed E-state index contributed by atoms with van der Waals surface area (Å²) in [7, 11) is 1.81. The highest BCUT2D eigenvalue weighted by Gasteiger charge is 2.17. The molecule has 3 nitrogen and oxygen atoms in total. The molecule has 0 aliphatic carbocycles. The maximum absolute atomic E-state index is 5.18. The molecule has 10 rings (SSSR count). The van der Waals surface area contributed by atoms with Gasteiger partial charge in [0.15, 0.2) is 5.84 Å². The van der Waals surface area contributed by atoms with Crippen molar-refractivity contribution in [2.45, 2.75) is 0 Å². The maximum atomic E-state index is 5.18. The molecule has 0 saturated heterocycles. The van der Waals surface area contributed by atoms with Crippen molar-refractivity contribution in [2.24, 2.45) is 9.98 Å². The fourth-order valence-electron chi connectivity index (χ4n) is 7.44. The Morgan fingerprint density at radius 2 is 1.19 bits per heavy atom. The largest absolute Gasteiger partial charge is 0.308 e. The van der Waals surface area contributed by atoms with E-state index in [1.807, 2.05) is 47.9 Å². The van der Waals surface area contributed by atoms with Gasteiger partial charge in [-0.1, -0.05) is 121 Å². The first-order valence-corrected chi connectivity index (χ1v) is 19.0. The molecule has 0 unspecified atom stereocenters. The van der Waals surface area contributed by atoms with Crippen molar-refractivity contribution in [3.05, 3.63) is 180 Å². The molecule has 0 fully saturated rings. The molecule has 5 heteroatoms. The van der Waals surface area contributed by atoms with E-state index in [4.69, 9.17) is 4.99 Å². The highest BCUT2D eigenvalue weighted by molar-refractivity contribution is 7.26. The Hall–Kier alpha value is -6.14. The average molecular weight is 702 g/mol. The standard InChI is InChI=1S/C47H31N3S2/c1-48-47(31-11-3-2-4-12-31)49-40(32-22-28-44-39(29-32)36-15-7-9-17-42(36)51-44)27-21-30-19-23-33(24-20-30)50-41-16-8-5-13-34(41)37-25-26-38-35-14-6-10-18-43(35)52-46(38)45(37)50/h2-29H,1H3/b27-21+,48-47?,49-40?. The first kappa shape index (κ1) is 30.7. The molecule has 246 valence electrons. The van der Waals surface area contributed by atoms with Crippen molar-refractivity contribution in [3.8, 4) is 5.69 Å². The molecule has 52 heavy (non-hydrogen) atoms. The third-order valence-electron chi connectivity index (χ3n) is 9.91. The summed E-state index contributed by atoms with van der Waals surface area (Å²) < 4.78 is 7.64. The molecule has 0 radical (unpaired) electrons. The first-order chi connectivity index (χ1) is 25.7. The van der Waals surface area contributed by atoms with E-state index in [1.165, 1.54) is 62.2 Å². The van der Waals surface area contributed by atoms with Gasteiger partial charge in [0.2, 0.25) is 0 Å². The minimum atomic E-state index is 0.699. The average Bonchev–Trinajstić information content (AvgIpc) is 3.88. The Morgan fingerprint density at radius 3 is 1.98 bits per heavy atom. The summed E-state index contributed by atoms with van der Waals surface area (Å²) in [6.45, 7) is 0. The van der Waals surface area contributed by atoms with Gasteiger partial charge in [-0.05, 0) is 54.1 Å². The van der Waals surface area contributed by atoms with Crippen molar-refractivity contribution in [1.29, 1.82) is 0 Å². The van der Waals surface area contributed by atoms with E-state index in [-0.39, 0.29) is 0 Å². The Morgan fingerprint density at radius 1 is 0.538 bits per heavy atom. The predicted octanol–water partition coefficient (Wildman–Crippen LogP) is 13.1. The number of aromatic nitrogens is 1. The molecule has 0 saturated carbocycles. The maximum Gasteiger partial charge on any atom is 0.154 e. The zero-order chi connectivity index (χ0) is 34.6. The zero-order valence-corrected chi connectivity index (χ0v) is 30.0. The Labute approximate surface area is 308 Å². The van der Waals surface area contributed by atoms with Crippen LogP contribution in [0, 0.1) is 0 Å². The van der Waals surface area contributed by atoms with Crippen molar-refractivity contribution in [3.63, 3.8) is 0 Å². The number of nitrogens with zero attached hydrogens (tertiary/aromatic N) is 3. The van der Waals surface area contributed by atoms with Crippen LogP contribution in [-0.2, 0) is 0 Å². The van der Waals surface area contributed by atoms with E-state index in [1.54, 1.807) is 0 Å². The number of hydrogen-bond donors (Lipinski definition) is 0. The molecule has 10 aromatic rings. The summed E-state index contributed by atoms with van der Waals surface area (Å²) in [4.78, 5) is 9.78. The summed E-state index contributed by atoms with van der Waals surface area (Å²) in [6.07, 6.45) is 4.28. The van der Waals surface area contributed by atoms with Crippen LogP contribution in [0.25, 0.3) is 73.9 Å². The quantitative estimate of drug-likeness (QED) is 0.126. The highest BCUT2D eigenvalue weighted by atomic mass is 32.1. The van der Waals surface area contributed by atoms with Gasteiger partial charge in [-0.25, -0.2) is 4.99 Å². The lowest BCUT2D eigenvalue weighted by atomic mass is 10.0. The summed E-state index contributed by atoms with van der Waals surface area (Å²) in [5.41, 5.74) is 7.62. The summed E-state index contributed by atoms with van der Waals surface area (Å²) >= 11 is 3.71. The number of para-hydroxylation sites is 1. The van der Waals surface area contributed by atoms with E-state index >= 15 is 0 Å². The molecular weight excluding hydrogens is 671 g/mol. The van der Waals surface area contributed by atoms with E-state index < -0.39 is 0 Å². The number of allylic oxidation sites excluding steroid dienone is 1. The SMILES string of the molecule is CN=C(N=C(/C=C/c1ccc(-n2c3ccccc3c3ccc4c5ccccc5sc4c32)cc1)c1ccc2sc3ccccc3c2c1)c1ccccc1. The normalized spacial score (nSPS) is 12.9. The van der Waals surface area contributed by atoms with Crippen molar-refractivity contribution in [1.82, 2.24) is 4.57 Å². The van der Waals surface area contributed by atoms with Crippen LogP contribution in [0.5, 0.6) is 0 Å². The monoisotopic (exact) mass is 701 g/mol. The molecule has 3 heterocycles. The van der Waals surface area contributed by atoms with Crippen LogP contribution in [0.1, 0.15) is 16.7 Å². The van der Waals surface area contributed by atoms with E-state index in [9.17, 15) is 0 Å². The molecular formula is C47H31N3S2. The lowest BCUT2D eigenvalue weighted by Crippen LogP contribution is -2.04. The molecule has 0 amide bonds. The smallest absolute Gasteiger partial charge is 0.154 e. The van der Waals surface area contributed by atoms with Gasteiger partial charge in [0, 0.05) is 70.3 Å². The van der Waals surface area contributed by atoms with E-state index in [0.717, 1.165) is 28.1 Å². The molecule has 3 aromatic heterocycles. The Balaban J connectivity index is 1.08. The van der Waals surface area contributed by atoms with Gasteiger partial charge in [-0.3, -0.25) is 4.99 Å². The third-order valence-corrected chi connectivity index (χ3v) is 12.3. The minimum Gasteiger partial charge on any atom is -0.308 e. The number of thiophene rings is 2. The zero-order valence-electron chi connectivity index (χ0n) is 28.3. The fourth-order valence-corrected chi connectivity index (χ4v) is 9.76. The second-order valence-electron chi connectivity index (χ2n) is 12.9. The minimum absolute atomic E-state index is 0.699. The number of benzene rings is 7. The van der Waals surface area contributed by atoms with Crippen molar-refractivity contribution >= 4 is 102 Å². The van der Waals surface area contributed by atoms with E-state index in [2.05, 4.69) is 161 Å². The molecule has 0 aliphatic rings. The molecule has 0 bridgehead atoms. The van der Waals surface area contributed by atoms with Crippen LogP contribution in [0.15, 0.2) is 174 Å². The first-order valence-electron chi connectivity index (χ1n) is 17.4. The molecule has 7 aromatic carbocycles. The van der Waals surface area contributed by atoms with Gasteiger partial charge in [-0.15, -0.1) is 22.7 Å². The van der Waals surface area contributed by atoms with E-state index in [0.29, 0.717) is 5.84 Å². The summed E-state index contributed by atoms with van der Waals surface area (Å²) in [5, 5.41) is 7.69. The van der Waals surface area contributed by atoms with Crippen LogP contribution in [0.4, 0.5) is 0 Å². The topological polar surface area (TPSA) is 29.6 Å². The van der Waals surface area contributed by atoms with Crippen LogP contribution >= 0.6 is 22.7 Å². The Kier molecular flexibility index (Phi) is 7.41. The van der Waals surface area contributed by atoms with Crippen LogP contribution in [-0.4, -0.2) is 23.2 Å². The second-order valence-corrected chi connectivity index (χ2v) is 15.1. The third kappa shape index (κ3) is 5.09. The second kappa shape index (κ2) is 12.6. The number of rotatable bonds is 5. The highest BCUT2D eigenvalue weighted by Crippen LogP contribution is 2.43. The molecule has 0 aliphatic heterocycles. The van der Waals surface area contributed by atoms with Gasteiger partial charge in [0.05, 0.1) is 21.4 Å². The van der Waals surface area contributed by atoms with Gasteiger partial charge in [0.25, 0.3) is 0 Å². The van der Waals surface area contributed by atoms with Crippen LogP contribution < -0.4 is 0 Å². The summed E-state index contributed by atoms with van der Waals surface area (Å²) in [6, 6.07) is 56.4. The summed E-state index contributed by atoms with van der Waals surface area (Å²) in [5.74, 6) is 0.699. The fraction of sp³-hybridized carbons (Fsp3) is 0.0213. The molecule has 0 atom stereocenters. The number of hydrogen-bond acceptors (Lipinski definition) is 3. The van der Waals surface area contributed by atoms with Crippen molar-refractivity contribution in [2.75, 3.05) is 7.05 Å². The predicted molar refractivity (Wildman–Crippen MR) is 227 cm³/mol. The Bertz CT molecular complexity index is 3060. The lowest BCUT2D eigenvalue weighted by Gasteiger charge is -2.09. The van der Waals surface area contributed by atoms with Gasteiger partial charge >= 0.3 is 0 Å².